The van der Waals surface area contributed by atoms with Gasteiger partial charge < -0.3 is 9.53 Å². The third-order valence-corrected chi connectivity index (χ3v) is 6.57. The van der Waals surface area contributed by atoms with E-state index in [4.69, 9.17) is 9.84 Å². The highest BCUT2D eigenvalue weighted by molar-refractivity contribution is 5.79. The molecule has 28 heavy (non-hydrogen) atoms. The largest absolute Gasteiger partial charge is 0.493 e. The van der Waals surface area contributed by atoms with Gasteiger partial charge in [0, 0.05) is 24.1 Å². The van der Waals surface area contributed by atoms with E-state index in [1.54, 1.807) is 6.92 Å². The van der Waals surface area contributed by atoms with Crippen LogP contribution in [0.1, 0.15) is 77.7 Å². The Morgan fingerprint density at radius 2 is 1.93 bits per heavy atom. The number of carbonyl (C=O) groups is 1. The summed E-state index contributed by atoms with van der Waals surface area (Å²) in [5.74, 6) is 3.39. The van der Waals surface area contributed by atoms with Crippen LogP contribution in [0.4, 0.5) is 0 Å². The molecule has 0 aliphatic heterocycles. The normalized spacial score (nSPS) is 23.6. The van der Waals surface area contributed by atoms with Gasteiger partial charge >= 0.3 is 0 Å². The fraction of sp³-hybridized carbons (Fsp3) is 0.667. The van der Waals surface area contributed by atoms with Crippen molar-refractivity contribution in [3.8, 4) is 5.75 Å². The Morgan fingerprint density at radius 3 is 2.64 bits per heavy atom. The summed E-state index contributed by atoms with van der Waals surface area (Å²) >= 11 is 0. The molecule has 1 unspecified atom stereocenters. The van der Waals surface area contributed by atoms with E-state index in [0.717, 1.165) is 36.1 Å². The zero-order valence-corrected chi connectivity index (χ0v) is 17.4. The van der Waals surface area contributed by atoms with E-state index < -0.39 is 0 Å². The highest BCUT2D eigenvalue weighted by Gasteiger charge is 2.24. The molecule has 2 aliphatic carbocycles. The van der Waals surface area contributed by atoms with Crippen molar-refractivity contribution >= 4 is 16.7 Å². The molecule has 0 amide bonds. The molecule has 1 atom stereocenters. The number of nitrogens with zero attached hydrogens (tertiary/aromatic N) is 2. The minimum Gasteiger partial charge on any atom is -0.493 e. The van der Waals surface area contributed by atoms with Gasteiger partial charge in [-0.1, -0.05) is 19.8 Å². The van der Waals surface area contributed by atoms with Crippen LogP contribution in [0.3, 0.4) is 0 Å². The van der Waals surface area contributed by atoms with Crippen molar-refractivity contribution in [1.29, 1.82) is 0 Å². The lowest BCUT2D eigenvalue weighted by molar-refractivity contribution is -0.117. The molecular weight excluding hydrogens is 348 g/mol. The molecule has 1 aromatic carbocycles. The number of hydrogen-bond acceptors (Lipinski definition) is 3. The summed E-state index contributed by atoms with van der Waals surface area (Å²) in [6.07, 6.45) is 13.0. The molecule has 4 heteroatoms. The van der Waals surface area contributed by atoms with E-state index in [2.05, 4.69) is 36.0 Å². The lowest BCUT2D eigenvalue weighted by Crippen LogP contribution is -2.19. The van der Waals surface area contributed by atoms with Gasteiger partial charge in [0.25, 0.3) is 0 Å². The summed E-state index contributed by atoms with van der Waals surface area (Å²) in [6, 6.07) is 6.84. The van der Waals surface area contributed by atoms with Crippen molar-refractivity contribution in [3.05, 3.63) is 24.4 Å². The van der Waals surface area contributed by atoms with Gasteiger partial charge in [0.15, 0.2) is 0 Å². The standard InChI is InChI=1S/C24H34N2O2/c1-17(13-18(2)27)3-4-19-7-10-22(11-8-19)26-15-21-9-12-23(14-24(21)25-26)28-16-20-5-6-20/h9,12,14-15,17,19-20,22H,3-8,10-11,13,16H2,1-2H3. The van der Waals surface area contributed by atoms with Gasteiger partial charge in [-0.15, -0.1) is 0 Å². The first-order chi connectivity index (χ1) is 13.6. The SMILES string of the molecule is CC(=O)CC(C)CCC1CCC(n2cc3ccc(OCC4CC4)cc3n2)CC1. The molecule has 2 saturated carbocycles. The fourth-order valence-electron chi connectivity index (χ4n) is 4.60. The minimum atomic E-state index is 0.322. The van der Waals surface area contributed by atoms with E-state index in [1.807, 2.05) is 0 Å². The number of fused-ring (bicyclic) bond motifs is 1. The number of benzene rings is 1. The van der Waals surface area contributed by atoms with Crippen LogP contribution < -0.4 is 4.74 Å². The monoisotopic (exact) mass is 382 g/mol. The molecule has 0 radical (unpaired) electrons. The zero-order valence-electron chi connectivity index (χ0n) is 17.4. The van der Waals surface area contributed by atoms with Crippen molar-refractivity contribution in [2.45, 2.75) is 77.7 Å². The molecule has 2 aliphatic rings. The highest BCUT2D eigenvalue weighted by Crippen LogP contribution is 2.36. The number of carbonyl (C=O) groups excluding carboxylic acids is 1. The maximum absolute atomic E-state index is 11.3. The van der Waals surface area contributed by atoms with Gasteiger partial charge in [0.05, 0.1) is 18.2 Å². The number of ketones is 1. The van der Waals surface area contributed by atoms with Crippen LogP contribution in [0.5, 0.6) is 5.75 Å². The number of ether oxygens (including phenoxy) is 1. The summed E-state index contributed by atoms with van der Waals surface area (Å²) in [6.45, 7) is 4.77. The highest BCUT2D eigenvalue weighted by atomic mass is 16.5. The second-order valence-corrected chi connectivity index (χ2v) is 9.35. The molecule has 4 nitrogen and oxygen atoms in total. The molecule has 0 bridgehead atoms. The van der Waals surface area contributed by atoms with Crippen molar-refractivity contribution in [2.24, 2.45) is 17.8 Å². The van der Waals surface area contributed by atoms with Crippen molar-refractivity contribution < 1.29 is 9.53 Å². The van der Waals surface area contributed by atoms with Gasteiger partial charge in [0.2, 0.25) is 0 Å². The van der Waals surface area contributed by atoms with Crippen LogP contribution in [0.15, 0.2) is 24.4 Å². The van der Waals surface area contributed by atoms with Crippen molar-refractivity contribution in [1.82, 2.24) is 9.78 Å². The Morgan fingerprint density at radius 1 is 1.18 bits per heavy atom. The quantitative estimate of drug-likeness (QED) is 0.538. The molecule has 0 saturated heterocycles. The first-order valence-corrected chi connectivity index (χ1v) is 11.2. The molecule has 1 aromatic heterocycles. The van der Waals surface area contributed by atoms with Crippen LogP contribution in [0.2, 0.25) is 0 Å². The number of hydrogen-bond donors (Lipinski definition) is 0. The van der Waals surface area contributed by atoms with Crippen LogP contribution in [0, 0.1) is 17.8 Å². The van der Waals surface area contributed by atoms with Crippen LogP contribution in [-0.4, -0.2) is 22.2 Å². The molecular formula is C24H34N2O2. The van der Waals surface area contributed by atoms with Crippen LogP contribution in [0.25, 0.3) is 10.9 Å². The van der Waals surface area contributed by atoms with Gasteiger partial charge in [0.1, 0.15) is 11.5 Å². The van der Waals surface area contributed by atoms with Crippen LogP contribution in [-0.2, 0) is 4.79 Å². The summed E-state index contributed by atoms with van der Waals surface area (Å²) in [5.41, 5.74) is 1.05. The first-order valence-electron chi connectivity index (χ1n) is 11.2. The Hall–Kier alpha value is -1.84. The topological polar surface area (TPSA) is 44.1 Å². The van der Waals surface area contributed by atoms with Gasteiger partial charge in [-0.25, -0.2) is 0 Å². The lowest BCUT2D eigenvalue weighted by atomic mass is 9.81. The van der Waals surface area contributed by atoms with Crippen molar-refractivity contribution in [2.75, 3.05) is 6.61 Å². The number of aromatic nitrogens is 2. The molecule has 1 heterocycles. The number of rotatable bonds is 9. The predicted molar refractivity (Wildman–Crippen MR) is 113 cm³/mol. The second kappa shape index (κ2) is 8.67. The third-order valence-electron chi connectivity index (χ3n) is 6.57. The van der Waals surface area contributed by atoms with Crippen molar-refractivity contribution in [3.63, 3.8) is 0 Å². The van der Waals surface area contributed by atoms with Gasteiger partial charge in [-0.2, -0.15) is 5.10 Å². The van der Waals surface area contributed by atoms with E-state index in [-0.39, 0.29) is 0 Å². The average Bonchev–Trinajstić information content (AvgIpc) is 3.41. The van der Waals surface area contributed by atoms with E-state index in [1.165, 1.54) is 56.8 Å². The average molecular weight is 383 g/mol. The summed E-state index contributed by atoms with van der Waals surface area (Å²) in [5, 5.41) is 6.08. The molecule has 2 aromatic rings. The maximum Gasteiger partial charge on any atom is 0.130 e. The zero-order chi connectivity index (χ0) is 19.5. The molecule has 152 valence electrons. The summed E-state index contributed by atoms with van der Waals surface area (Å²) in [7, 11) is 0. The van der Waals surface area contributed by atoms with E-state index >= 15 is 0 Å². The Bertz CT molecular complexity index is 800. The lowest BCUT2D eigenvalue weighted by Gasteiger charge is -2.29. The summed E-state index contributed by atoms with van der Waals surface area (Å²) in [4.78, 5) is 11.3. The van der Waals surface area contributed by atoms with Gasteiger partial charge in [-0.05, 0) is 75.3 Å². The fourth-order valence-corrected chi connectivity index (χ4v) is 4.60. The molecule has 2 fully saturated rings. The molecule has 0 N–H and O–H groups in total. The van der Waals surface area contributed by atoms with Crippen LogP contribution >= 0.6 is 0 Å². The third kappa shape index (κ3) is 5.15. The Labute approximate surface area is 168 Å². The summed E-state index contributed by atoms with van der Waals surface area (Å²) < 4.78 is 8.10. The Balaban J connectivity index is 1.29. The number of Topliss-reactive ketones (excluding diaryl/α,β-unsaturated/α-hetero) is 1. The second-order valence-electron chi connectivity index (χ2n) is 9.35. The van der Waals surface area contributed by atoms with Gasteiger partial charge in [-0.3, -0.25) is 4.68 Å². The molecule has 0 spiro atoms. The van der Waals surface area contributed by atoms with E-state index in [0.29, 0.717) is 17.7 Å². The first kappa shape index (κ1) is 19.5. The Kier molecular flexibility index (Phi) is 6.03. The smallest absolute Gasteiger partial charge is 0.130 e. The molecule has 4 rings (SSSR count). The maximum atomic E-state index is 11.3. The minimum absolute atomic E-state index is 0.322. The van der Waals surface area contributed by atoms with E-state index in [9.17, 15) is 4.79 Å². The predicted octanol–water partition coefficient (Wildman–Crippen LogP) is 5.95.